The van der Waals surface area contributed by atoms with E-state index in [0.717, 1.165) is 11.1 Å². The monoisotopic (exact) mass is 280 g/mol. The van der Waals surface area contributed by atoms with Gasteiger partial charge in [-0.25, -0.2) is 19.4 Å². The highest BCUT2D eigenvalue weighted by atomic mass is 16.4. The second kappa shape index (κ2) is 5.16. The van der Waals surface area contributed by atoms with Gasteiger partial charge in [0, 0.05) is 24.2 Å². The van der Waals surface area contributed by atoms with Crippen molar-refractivity contribution in [1.82, 2.24) is 19.7 Å². The topological polar surface area (TPSA) is 80.9 Å². The van der Waals surface area contributed by atoms with Crippen LogP contribution in [-0.2, 0) is 0 Å². The van der Waals surface area contributed by atoms with E-state index in [1.54, 1.807) is 18.5 Å². The molecule has 1 aromatic carbocycles. The lowest BCUT2D eigenvalue weighted by Crippen LogP contribution is -2.00. The number of benzene rings is 1. The molecule has 0 aliphatic carbocycles. The van der Waals surface area contributed by atoms with Crippen LogP contribution in [0.2, 0.25) is 0 Å². The van der Waals surface area contributed by atoms with Gasteiger partial charge >= 0.3 is 5.97 Å². The summed E-state index contributed by atoms with van der Waals surface area (Å²) in [7, 11) is 0. The van der Waals surface area contributed by atoms with E-state index in [1.165, 1.54) is 10.9 Å². The molecule has 0 saturated carbocycles. The smallest absolute Gasteiger partial charge is 0.339 e. The Morgan fingerprint density at radius 1 is 1.14 bits per heavy atom. The molecule has 104 valence electrons. The van der Waals surface area contributed by atoms with Crippen LogP contribution in [0.5, 0.6) is 0 Å². The van der Waals surface area contributed by atoms with Gasteiger partial charge in [0.15, 0.2) is 0 Å². The fourth-order valence-electron chi connectivity index (χ4n) is 2.08. The third kappa shape index (κ3) is 2.38. The van der Waals surface area contributed by atoms with Gasteiger partial charge in [0.25, 0.3) is 0 Å². The number of rotatable bonds is 3. The van der Waals surface area contributed by atoms with Crippen LogP contribution in [0.25, 0.3) is 17.2 Å². The zero-order valence-electron chi connectivity index (χ0n) is 11.3. The standard InChI is InChI=1S/C15H12N4O2/c1-10-5-2-3-6-11(10)13-12(14(20)21)9-19(18-13)15-16-7-4-8-17-15/h2-9H,1H3,(H,20,21). The molecule has 3 rings (SSSR count). The maximum Gasteiger partial charge on any atom is 0.339 e. The Morgan fingerprint density at radius 3 is 2.52 bits per heavy atom. The van der Waals surface area contributed by atoms with Gasteiger partial charge in [-0.2, -0.15) is 5.10 Å². The summed E-state index contributed by atoms with van der Waals surface area (Å²) in [5, 5.41) is 13.7. The van der Waals surface area contributed by atoms with Crippen LogP contribution in [0, 0.1) is 6.92 Å². The number of carbonyl (C=O) groups is 1. The minimum atomic E-state index is -1.03. The van der Waals surface area contributed by atoms with Crippen molar-refractivity contribution in [1.29, 1.82) is 0 Å². The van der Waals surface area contributed by atoms with Crippen LogP contribution in [-0.4, -0.2) is 30.8 Å². The Hall–Kier alpha value is -3.02. The van der Waals surface area contributed by atoms with Gasteiger partial charge < -0.3 is 5.11 Å². The van der Waals surface area contributed by atoms with Crippen molar-refractivity contribution in [3.05, 3.63) is 60.0 Å². The highest BCUT2D eigenvalue weighted by molar-refractivity contribution is 5.95. The lowest BCUT2D eigenvalue weighted by atomic mass is 10.0. The Kier molecular flexibility index (Phi) is 3.19. The van der Waals surface area contributed by atoms with Crippen LogP contribution in [0.15, 0.2) is 48.9 Å². The van der Waals surface area contributed by atoms with Crippen molar-refractivity contribution >= 4 is 5.97 Å². The molecule has 0 aliphatic heterocycles. The molecule has 0 bridgehead atoms. The maximum atomic E-state index is 11.5. The van der Waals surface area contributed by atoms with E-state index in [2.05, 4.69) is 15.1 Å². The number of carboxylic acid groups (broad SMARTS) is 1. The minimum absolute atomic E-state index is 0.122. The number of carboxylic acids is 1. The zero-order chi connectivity index (χ0) is 14.8. The molecule has 3 aromatic rings. The maximum absolute atomic E-state index is 11.5. The van der Waals surface area contributed by atoms with Crippen LogP contribution in [0.4, 0.5) is 0 Å². The molecule has 0 aliphatic rings. The molecule has 0 unspecified atom stereocenters. The van der Waals surface area contributed by atoms with Gasteiger partial charge in [-0.05, 0) is 18.6 Å². The Balaban J connectivity index is 2.19. The van der Waals surface area contributed by atoms with Crippen LogP contribution < -0.4 is 0 Å². The molecule has 0 amide bonds. The number of aryl methyl sites for hydroxylation is 1. The summed E-state index contributed by atoms with van der Waals surface area (Å²) < 4.78 is 1.38. The van der Waals surface area contributed by atoms with E-state index in [-0.39, 0.29) is 5.56 Å². The predicted octanol–water partition coefficient (Wildman–Crippen LogP) is 2.34. The summed E-state index contributed by atoms with van der Waals surface area (Å²) in [5.41, 5.74) is 2.27. The Labute approximate surface area is 120 Å². The molecule has 2 heterocycles. The molecule has 0 atom stereocenters. The van der Waals surface area contributed by atoms with Crippen LogP contribution >= 0.6 is 0 Å². The summed E-state index contributed by atoms with van der Waals surface area (Å²) in [4.78, 5) is 19.6. The second-order valence-corrected chi connectivity index (χ2v) is 4.50. The largest absolute Gasteiger partial charge is 0.478 e. The Morgan fingerprint density at radius 2 is 1.86 bits per heavy atom. The number of hydrogen-bond acceptors (Lipinski definition) is 4. The molecule has 21 heavy (non-hydrogen) atoms. The average molecular weight is 280 g/mol. The van der Waals surface area contributed by atoms with Crippen molar-refractivity contribution in [2.45, 2.75) is 6.92 Å². The van der Waals surface area contributed by atoms with Crippen molar-refractivity contribution in [2.75, 3.05) is 0 Å². The second-order valence-electron chi connectivity index (χ2n) is 4.50. The van der Waals surface area contributed by atoms with Gasteiger partial charge in [-0.3, -0.25) is 0 Å². The van der Waals surface area contributed by atoms with Crippen LogP contribution in [0.1, 0.15) is 15.9 Å². The number of hydrogen-bond donors (Lipinski definition) is 1. The van der Waals surface area contributed by atoms with E-state index in [1.807, 2.05) is 31.2 Å². The molecule has 1 N–H and O–H groups in total. The Bertz CT molecular complexity index is 796. The fraction of sp³-hybridized carbons (Fsp3) is 0.0667. The third-order valence-corrected chi connectivity index (χ3v) is 3.10. The average Bonchev–Trinajstić information content (AvgIpc) is 2.94. The molecule has 0 fully saturated rings. The molecule has 0 radical (unpaired) electrons. The molecule has 6 heteroatoms. The van der Waals surface area contributed by atoms with Crippen molar-refractivity contribution in [3.63, 3.8) is 0 Å². The molecular formula is C15H12N4O2. The van der Waals surface area contributed by atoms with Gasteiger partial charge in [-0.1, -0.05) is 24.3 Å². The highest BCUT2D eigenvalue weighted by Gasteiger charge is 2.19. The van der Waals surface area contributed by atoms with E-state index in [9.17, 15) is 9.90 Å². The summed E-state index contributed by atoms with van der Waals surface area (Å²) in [6.07, 6.45) is 4.59. The molecule has 0 spiro atoms. The molecule has 0 saturated heterocycles. The van der Waals surface area contributed by atoms with Gasteiger partial charge in [0.2, 0.25) is 5.95 Å². The van der Waals surface area contributed by atoms with Gasteiger partial charge in [0.1, 0.15) is 11.3 Å². The summed E-state index contributed by atoms with van der Waals surface area (Å²) in [5.74, 6) is -0.699. The van der Waals surface area contributed by atoms with Gasteiger partial charge in [0.05, 0.1) is 0 Å². The van der Waals surface area contributed by atoms with E-state index in [4.69, 9.17) is 0 Å². The quantitative estimate of drug-likeness (QED) is 0.796. The number of aromatic carboxylic acids is 1. The number of nitrogens with zero attached hydrogens (tertiary/aromatic N) is 4. The first kappa shape index (κ1) is 13.0. The van der Waals surface area contributed by atoms with E-state index >= 15 is 0 Å². The third-order valence-electron chi connectivity index (χ3n) is 3.10. The van der Waals surface area contributed by atoms with Crippen LogP contribution in [0.3, 0.4) is 0 Å². The van der Waals surface area contributed by atoms with Crippen molar-refractivity contribution in [2.24, 2.45) is 0 Å². The first-order valence-corrected chi connectivity index (χ1v) is 6.33. The SMILES string of the molecule is Cc1ccccc1-c1nn(-c2ncccn2)cc1C(=O)O. The summed E-state index contributed by atoms with van der Waals surface area (Å²) >= 11 is 0. The minimum Gasteiger partial charge on any atom is -0.478 e. The molecule has 6 nitrogen and oxygen atoms in total. The molecule has 2 aromatic heterocycles. The van der Waals surface area contributed by atoms with E-state index < -0.39 is 5.97 Å². The first-order chi connectivity index (χ1) is 10.2. The predicted molar refractivity (Wildman–Crippen MR) is 76.3 cm³/mol. The van der Waals surface area contributed by atoms with E-state index in [0.29, 0.717) is 11.6 Å². The van der Waals surface area contributed by atoms with Crippen molar-refractivity contribution in [3.8, 4) is 17.2 Å². The summed E-state index contributed by atoms with van der Waals surface area (Å²) in [6.45, 7) is 1.92. The van der Waals surface area contributed by atoms with Gasteiger partial charge in [-0.15, -0.1) is 0 Å². The lowest BCUT2D eigenvalue weighted by Gasteiger charge is -2.03. The highest BCUT2D eigenvalue weighted by Crippen LogP contribution is 2.25. The number of aromatic nitrogens is 4. The molecular weight excluding hydrogens is 268 g/mol. The fourth-order valence-corrected chi connectivity index (χ4v) is 2.08. The van der Waals surface area contributed by atoms with Crippen molar-refractivity contribution < 1.29 is 9.90 Å². The zero-order valence-corrected chi connectivity index (χ0v) is 11.3. The normalized spacial score (nSPS) is 10.5. The summed E-state index contributed by atoms with van der Waals surface area (Å²) in [6, 6.07) is 9.20. The first-order valence-electron chi connectivity index (χ1n) is 6.33. The lowest BCUT2D eigenvalue weighted by molar-refractivity contribution is 0.0697.